The Kier molecular flexibility index (Phi) is 4.05. The summed E-state index contributed by atoms with van der Waals surface area (Å²) in [6.07, 6.45) is 11.0. The summed E-state index contributed by atoms with van der Waals surface area (Å²) in [6, 6.07) is 5.85. The second-order valence-electron chi connectivity index (χ2n) is 6.33. The number of hydrogen-bond acceptors (Lipinski definition) is 4. The number of pyridine rings is 1. The fourth-order valence-corrected chi connectivity index (χ4v) is 3.43. The minimum absolute atomic E-state index is 0.0293. The van der Waals surface area contributed by atoms with Gasteiger partial charge in [-0.3, -0.25) is 19.1 Å². The molecule has 3 aromatic heterocycles. The normalized spacial score (nSPS) is 17.2. The summed E-state index contributed by atoms with van der Waals surface area (Å²) in [5.74, 6) is 0.0293. The summed E-state index contributed by atoms with van der Waals surface area (Å²) < 4.78 is 3.58. The van der Waals surface area contributed by atoms with Gasteiger partial charge >= 0.3 is 0 Å². The van der Waals surface area contributed by atoms with E-state index in [-0.39, 0.29) is 11.9 Å². The Bertz CT molecular complexity index is 855. The lowest BCUT2D eigenvalue weighted by atomic mass is 10.1. The Morgan fingerprint density at radius 1 is 1.32 bits per heavy atom. The number of likely N-dealkylation sites (tertiary alicyclic amines) is 1. The van der Waals surface area contributed by atoms with E-state index < -0.39 is 0 Å². The third-order valence-electron chi connectivity index (χ3n) is 4.59. The van der Waals surface area contributed by atoms with Gasteiger partial charge in [0.25, 0.3) is 5.91 Å². The van der Waals surface area contributed by atoms with E-state index in [1.54, 1.807) is 29.5 Å². The van der Waals surface area contributed by atoms with Gasteiger partial charge in [-0.05, 0) is 31.0 Å². The molecule has 25 heavy (non-hydrogen) atoms. The van der Waals surface area contributed by atoms with Crippen molar-refractivity contribution in [2.75, 3.05) is 6.54 Å². The van der Waals surface area contributed by atoms with E-state index in [4.69, 9.17) is 0 Å². The van der Waals surface area contributed by atoms with Crippen LogP contribution in [0.4, 0.5) is 0 Å². The molecule has 0 N–H and O–H groups in total. The van der Waals surface area contributed by atoms with Crippen LogP contribution in [-0.2, 0) is 13.6 Å². The summed E-state index contributed by atoms with van der Waals surface area (Å²) >= 11 is 0. The summed E-state index contributed by atoms with van der Waals surface area (Å²) in [7, 11) is 1.84. The minimum atomic E-state index is 0.0293. The van der Waals surface area contributed by atoms with Gasteiger partial charge in [-0.2, -0.15) is 10.2 Å². The molecule has 128 valence electrons. The first-order chi connectivity index (χ1) is 12.2. The van der Waals surface area contributed by atoms with Gasteiger partial charge in [-0.15, -0.1) is 0 Å². The summed E-state index contributed by atoms with van der Waals surface area (Å²) in [6.45, 7) is 1.49. The highest BCUT2D eigenvalue weighted by Gasteiger charge is 2.32. The van der Waals surface area contributed by atoms with Gasteiger partial charge < -0.3 is 4.90 Å². The number of nitrogens with zero attached hydrogens (tertiary/aromatic N) is 6. The first-order valence-corrected chi connectivity index (χ1v) is 8.45. The molecule has 1 amide bonds. The molecule has 0 radical (unpaired) electrons. The smallest absolute Gasteiger partial charge is 0.258 e. The Balaban J connectivity index is 1.62. The van der Waals surface area contributed by atoms with E-state index in [0.717, 1.165) is 31.5 Å². The molecule has 0 saturated carbocycles. The Labute approximate surface area is 145 Å². The number of aryl methyl sites for hydroxylation is 1. The molecule has 7 nitrogen and oxygen atoms in total. The van der Waals surface area contributed by atoms with Gasteiger partial charge in [-0.25, -0.2) is 0 Å². The molecule has 0 unspecified atom stereocenters. The van der Waals surface area contributed by atoms with Crippen molar-refractivity contribution in [3.63, 3.8) is 0 Å². The zero-order valence-electron chi connectivity index (χ0n) is 14.1. The largest absolute Gasteiger partial charge is 0.334 e. The van der Waals surface area contributed by atoms with Crippen molar-refractivity contribution in [3.8, 4) is 11.3 Å². The molecule has 4 rings (SSSR count). The molecule has 1 aliphatic heterocycles. The van der Waals surface area contributed by atoms with Crippen LogP contribution in [0.15, 0.2) is 49.2 Å². The van der Waals surface area contributed by atoms with Gasteiger partial charge in [0.2, 0.25) is 0 Å². The molecule has 1 atom stereocenters. The molecule has 4 heterocycles. The fourth-order valence-electron chi connectivity index (χ4n) is 3.43. The van der Waals surface area contributed by atoms with E-state index >= 15 is 0 Å². The third-order valence-corrected chi connectivity index (χ3v) is 4.59. The van der Waals surface area contributed by atoms with Crippen LogP contribution in [0, 0.1) is 0 Å². The first-order valence-electron chi connectivity index (χ1n) is 8.45. The van der Waals surface area contributed by atoms with Gasteiger partial charge in [0, 0.05) is 50.1 Å². The fraction of sp³-hybridized carbons (Fsp3) is 0.333. The lowest BCUT2D eigenvalue weighted by Crippen LogP contribution is -2.38. The summed E-state index contributed by atoms with van der Waals surface area (Å²) in [5.41, 5.74) is 2.17. The lowest BCUT2D eigenvalue weighted by Gasteiger charge is -2.24. The monoisotopic (exact) mass is 336 g/mol. The van der Waals surface area contributed by atoms with Gasteiger partial charge in [0.15, 0.2) is 0 Å². The number of carbonyl (C=O) groups excluding carboxylic acids is 1. The number of carbonyl (C=O) groups is 1. The summed E-state index contributed by atoms with van der Waals surface area (Å²) in [4.78, 5) is 19.3. The van der Waals surface area contributed by atoms with Crippen molar-refractivity contribution in [1.29, 1.82) is 0 Å². The average molecular weight is 336 g/mol. The van der Waals surface area contributed by atoms with Gasteiger partial charge in [0.1, 0.15) is 5.69 Å². The third kappa shape index (κ3) is 3.05. The zero-order chi connectivity index (χ0) is 17.2. The maximum Gasteiger partial charge on any atom is 0.258 e. The van der Waals surface area contributed by atoms with Crippen molar-refractivity contribution in [3.05, 3.63) is 54.7 Å². The zero-order valence-corrected chi connectivity index (χ0v) is 14.1. The van der Waals surface area contributed by atoms with E-state index in [9.17, 15) is 4.79 Å². The van der Waals surface area contributed by atoms with Crippen molar-refractivity contribution in [2.45, 2.75) is 25.4 Å². The van der Waals surface area contributed by atoms with Crippen LogP contribution in [-0.4, -0.2) is 47.9 Å². The molecule has 0 aliphatic carbocycles. The quantitative estimate of drug-likeness (QED) is 0.730. The van der Waals surface area contributed by atoms with Crippen LogP contribution in [0.3, 0.4) is 0 Å². The second-order valence-corrected chi connectivity index (χ2v) is 6.33. The molecule has 1 fully saturated rings. The Morgan fingerprint density at radius 3 is 3.00 bits per heavy atom. The predicted octanol–water partition coefficient (Wildman–Crippen LogP) is 1.98. The highest BCUT2D eigenvalue weighted by Crippen LogP contribution is 2.26. The minimum Gasteiger partial charge on any atom is -0.334 e. The van der Waals surface area contributed by atoms with Gasteiger partial charge in [0.05, 0.1) is 18.2 Å². The molecule has 7 heteroatoms. The highest BCUT2D eigenvalue weighted by molar-refractivity contribution is 6.00. The van der Waals surface area contributed by atoms with Crippen LogP contribution in [0.25, 0.3) is 11.3 Å². The Morgan fingerprint density at radius 2 is 2.24 bits per heavy atom. The van der Waals surface area contributed by atoms with E-state index in [1.165, 1.54) is 0 Å². The highest BCUT2D eigenvalue weighted by atomic mass is 16.2. The number of hydrogen-bond donors (Lipinski definition) is 0. The maximum atomic E-state index is 13.2. The standard InChI is InChI=1S/C18H20N6O/c1-22-13-16(17(21-22)14-5-2-7-19-11-14)18(25)24-10-3-6-15(24)12-23-9-4-8-20-23/h2,4-5,7-9,11,13,15H,3,6,10,12H2,1H3/t15-/m0/s1. The molecule has 1 saturated heterocycles. The van der Waals surface area contributed by atoms with Crippen LogP contribution in [0.5, 0.6) is 0 Å². The molecular formula is C18H20N6O. The number of amides is 1. The topological polar surface area (TPSA) is 68.8 Å². The molecule has 0 bridgehead atoms. The maximum absolute atomic E-state index is 13.2. The van der Waals surface area contributed by atoms with Crippen LogP contribution < -0.4 is 0 Å². The van der Waals surface area contributed by atoms with E-state index in [2.05, 4.69) is 15.2 Å². The first kappa shape index (κ1) is 15.6. The molecule has 0 aromatic carbocycles. The molecule has 3 aromatic rings. The predicted molar refractivity (Wildman–Crippen MR) is 92.7 cm³/mol. The number of aromatic nitrogens is 5. The van der Waals surface area contributed by atoms with Crippen molar-refractivity contribution in [2.24, 2.45) is 7.05 Å². The van der Waals surface area contributed by atoms with Gasteiger partial charge in [-0.1, -0.05) is 0 Å². The average Bonchev–Trinajstić information content (AvgIpc) is 3.36. The molecule has 1 aliphatic rings. The molecular weight excluding hydrogens is 316 g/mol. The Hall–Kier alpha value is -2.96. The molecule has 0 spiro atoms. The van der Waals surface area contributed by atoms with Crippen molar-refractivity contribution in [1.82, 2.24) is 29.4 Å². The van der Waals surface area contributed by atoms with E-state index in [1.807, 2.05) is 41.0 Å². The van der Waals surface area contributed by atoms with E-state index in [0.29, 0.717) is 11.3 Å². The van der Waals surface area contributed by atoms with Crippen molar-refractivity contribution >= 4 is 5.91 Å². The summed E-state index contributed by atoms with van der Waals surface area (Å²) in [5, 5.41) is 8.76. The van der Waals surface area contributed by atoms with Crippen LogP contribution >= 0.6 is 0 Å². The van der Waals surface area contributed by atoms with Crippen LogP contribution in [0.2, 0.25) is 0 Å². The lowest BCUT2D eigenvalue weighted by molar-refractivity contribution is 0.0722. The second kappa shape index (κ2) is 6.51. The van der Waals surface area contributed by atoms with Crippen molar-refractivity contribution < 1.29 is 4.79 Å². The number of rotatable bonds is 4. The SMILES string of the molecule is Cn1cc(C(=O)N2CCC[C@H]2Cn2cccn2)c(-c2cccnc2)n1. The van der Waals surface area contributed by atoms with Crippen LogP contribution in [0.1, 0.15) is 23.2 Å².